The van der Waals surface area contributed by atoms with Crippen LogP contribution in [0.4, 0.5) is 0 Å². The Labute approximate surface area is 120 Å². The first-order valence-corrected chi connectivity index (χ1v) is 7.21. The third-order valence-electron chi connectivity index (χ3n) is 3.10. The highest BCUT2D eigenvalue weighted by molar-refractivity contribution is 5.73. The number of carbonyl (C=O) groups is 1. The molecule has 0 aromatic heterocycles. The van der Waals surface area contributed by atoms with Gasteiger partial charge >= 0.3 is 5.97 Å². The first-order chi connectivity index (χ1) is 9.63. The second-order valence-electron chi connectivity index (χ2n) is 4.59. The third-order valence-corrected chi connectivity index (χ3v) is 3.10. The Morgan fingerprint density at radius 1 is 1.15 bits per heavy atom. The topological polar surface area (TPSA) is 55.8 Å². The van der Waals surface area contributed by atoms with E-state index in [1.165, 1.54) is 0 Å². The van der Waals surface area contributed by atoms with Crippen LogP contribution in [0.3, 0.4) is 0 Å². The maximum Gasteiger partial charge on any atom is 0.311 e. The number of aliphatic hydroxyl groups excluding tert-OH is 1. The molecule has 0 radical (unpaired) electrons. The van der Waals surface area contributed by atoms with E-state index in [9.17, 15) is 9.90 Å². The number of rotatable bonds is 8. The van der Waals surface area contributed by atoms with Gasteiger partial charge < -0.3 is 14.6 Å². The molecule has 0 saturated carbocycles. The van der Waals surface area contributed by atoms with Gasteiger partial charge in [-0.2, -0.15) is 0 Å². The summed E-state index contributed by atoms with van der Waals surface area (Å²) >= 11 is 0. The van der Waals surface area contributed by atoms with E-state index in [1.54, 1.807) is 31.2 Å². The van der Waals surface area contributed by atoms with Crippen LogP contribution in [0.2, 0.25) is 0 Å². The Bertz CT molecular complexity index is 399. The zero-order valence-electron chi connectivity index (χ0n) is 12.5. The van der Waals surface area contributed by atoms with E-state index in [-0.39, 0.29) is 5.97 Å². The molecule has 0 bridgehead atoms. The number of carbonyl (C=O) groups excluding carboxylic acids is 1. The minimum absolute atomic E-state index is 0.328. The van der Waals surface area contributed by atoms with Crippen molar-refractivity contribution in [2.45, 2.75) is 39.7 Å². The van der Waals surface area contributed by atoms with Gasteiger partial charge in [0.15, 0.2) is 0 Å². The Morgan fingerprint density at radius 2 is 1.80 bits per heavy atom. The molecule has 2 unspecified atom stereocenters. The van der Waals surface area contributed by atoms with Crippen molar-refractivity contribution < 1.29 is 19.4 Å². The fourth-order valence-electron chi connectivity index (χ4n) is 2.13. The summed E-state index contributed by atoms with van der Waals surface area (Å²) in [5, 5.41) is 10.4. The molecule has 0 aliphatic carbocycles. The van der Waals surface area contributed by atoms with Gasteiger partial charge in [0.05, 0.1) is 25.2 Å². The van der Waals surface area contributed by atoms with Crippen LogP contribution >= 0.6 is 0 Å². The zero-order chi connectivity index (χ0) is 15.0. The minimum Gasteiger partial charge on any atom is -0.494 e. The number of hydrogen-bond donors (Lipinski definition) is 1. The van der Waals surface area contributed by atoms with Crippen molar-refractivity contribution in [3.8, 4) is 5.75 Å². The van der Waals surface area contributed by atoms with E-state index in [0.29, 0.717) is 25.2 Å². The lowest BCUT2D eigenvalue weighted by Crippen LogP contribution is -2.24. The average molecular weight is 280 g/mol. The van der Waals surface area contributed by atoms with E-state index in [4.69, 9.17) is 9.47 Å². The van der Waals surface area contributed by atoms with E-state index < -0.39 is 12.0 Å². The SMILES string of the molecule is CCCC(C(=O)OCC)C(O)c1ccc(OCC)cc1. The molecule has 4 nitrogen and oxygen atoms in total. The van der Waals surface area contributed by atoms with Crippen molar-refractivity contribution in [3.63, 3.8) is 0 Å². The molecule has 0 aliphatic heterocycles. The summed E-state index contributed by atoms with van der Waals surface area (Å²) in [4.78, 5) is 11.9. The molecule has 1 aromatic rings. The van der Waals surface area contributed by atoms with Crippen LogP contribution in [-0.4, -0.2) is 24.3 Å². The van der Waals surface area contributed by atoms with Crippen LogP contribution in [0.1, 0.15) is 45.3 Å². The Morgan fingerprint density at radius 3 is 2.30 bits per heavy atom. The maximum absolute atomic E-state index is 11.9. The number of aliphatic hydroxyl groups is 1. The van der Waals surface area contributed by atoms with Crippen LogP contribution in [0.5, 0.6) is 5.75 Å². The predicted octanol–water partition coefficient (Wildman–Crippen LogP) is 3.10. The fourth-order valence-corrected chi connectivity index (χ4v) is 2.13. The standard InChI is InChI=1S/C16H24O4/c1-4-7-14(16(18)20-6-3)15(17)12-8-10-13(11-9-12)19-5-2/h8-11,14-15,17H,4-7H2,1-3H3. The summed E-state index contributed by atoms with van der Waals surface area (Å²) in [6.45, 7) is 6.60. The molecular weight excluding hydrogens is 256 g/mol. The Hall–Kier alpha value is -1.55. The normalized spacial score (nSPS) is 13.6. The number of ether oxygens (including phenoxy) is 2. The first-order valence-electron chi connectivity index (χ1n) is 7.21. The molecule has 20 heavy (non-hydrogen) atoms. The number of esters is 1. The molecular formula is C16H24O4. The van der Waals surface area contributed by atoms with E-state index >= 15 is 0 Å². The summed E-state index contributed by atoms with van der Waals surface area (Å²) in [5.74, 6) is -0.0970. The summed E-state index contributed by atoms with van der Waals surface area (Å²) in [5.41, 5.74) is 0.708. The van der Waals surface area contributed by atoms with E-state index in [2.05, 4.69) is 0 Å². The molecule has 0 aliphatic rings. The lowest BCUT2D eigenvalue weighted by Gasteiger charge is -2.21. The monoisotopic (exact) mass is 280 g/mol. The predicted molar refractivity (Wildman–Crippen MR) is 77.6 cm³/mol. The van der Waals surface area contributed by atoms with E-state index in [0.717, 1.165) is 12.2 Å². The van der Waals surface area contributed by atoms with Gasteiger partial charge in [-0.15, -0.1) is 0 Å². The van der Waals surface area contributed by atoms with Gasteiger partial charge in [0, 0.05) is 0 Å². The van der Waals surface area contributed by atoms with Crippen LogP contribution in [-0.2, 0) is 9.53 Å². The molecule has 4 heteroatoms. The van der Waals surface area contributed by atoms with Gasteiger partial charge in [0.1, 0.15) is 5.75 Å². The van der Waals surface area contributed by atoms with Gasteiger partial charge in [0.2, 0.25) is 0 Å². The second-order valence-corrected chi connectivity index (χ2v) is 4.59. The molecule has 0 saturated heterocycles. The summed E-state index contributed by atoms with van der Waals surface area (Å²) < 4.78 is 10.4. The van der Waals surface area contributed by atoms with Gasteiger partial charge in [0.25, 0.3) is 0 Å². The lowest BCUT2D eigenvalue weighted by atomic mass is 9.92. The minimum atomic E-state index is -0.843. The molecule has 0 fully saturated rings. The quantitative estimate of drug-likeness (QED) is 0.743. The van der Waals surface area contributed by atoms with Crippen molar-refractivity contribution in [3.05, 3.63) is 29.8 Å². The zero-order valence-corrected chi connectivity index (χ0v) is 12.5. The molecule has 0 amide bonds. The van der Waals surface area contributed by atoms with Gasteiger partial charge in [-0.05, 0) is 38.0 Å². The number of hydrogen-bond acceptors (Lipinski definition) is 4. The highest BCUT2D eigenvalue weighted by Gasteiger charge is 2.28. The summed E-state index contributed by atoms with van der Waals surface area (Å²) in [6.07, 6.45) is 0.579. The fraction of sp³-hybridized carbons (Fsp3) is 0.562. The van der Waals surface area contributed by atoms with Gasteiger partial charge in [-0.25, -0.2) is 0 Å². The average Bonchev–Trinajstić information content (AvgIpc) is 2.45. The smallest absolute Gasteiger partial charge is 0.311 e. The van der Waals surface area contributed by atoms with Crippen molar-refractivity contribution in [2.75, 3.05) is 13.2 Å². The van der Waals surface area contributed by atoms with Crippen LogP contribution < -0.4 is 4.74 Å². The van der Waals surface area contributed by atoms with Crippen LogP contribution in [0.15, 0.2) is 24.3 Å². The second kappa shape index (κ2) is 8.59. The van der Waals surface area contributed by atoms with Gasteiger partial charge in [-0.3, -0.25) is 4.79 Å². The molecule has 112 valence electrons. The Balaban J connectivity index is 2.82. The summed E-state index contributed by atoms with van der Waals surface area (Å²) in [7, 11) is 0. The maximum atomic E-state index is 11.9. The van der Waals surface area contributed by atoms with Crippen molar-refractivity contribution in [1.29, 1.82) is 0 Å². The van der Waals surface area contributed by atoms with Crippen LogP contribution in [0.25, 0.3) is 0 Å². The molecule has 0 heterocycles. The van der Waals surface area contributed by atoms with Crippen molar-refractivity contribution in [1.82, 2.24) is 0 Å². The molecule has 1 rings (SSSR count). The Kier molecular flexibility index (Phi) is 7.09. The van der Waals surface area contributed by atoms with Crippen molar-refractivity contribution in [2.24, 2.45) is 5.92 Å². The van der Waals surface area contributed by atoms with E-state index in [1.807, 2.05) is 13.8 Å². The third kappa shape index (κ3) is 4.53. The first kappa shape index (κ1) is 16.5. The molecule has 0 spiro atoms. The van der Waals surface area contributed by atoms with Crippen LogP contribution in [0, 0.1) is 5.92 Å². The van der Waals surface area contributed by atoms with Crippen molar-refractivity contribution >= 4 is 5.97 Å². The largest absolute Gasteiger partial charge is 0.494 e. The van der Waals surface area contributed by atoms with Gasteiger partial charge in [-0.1, -0.05) is 25.5 Å². The summed E-state index contributed by atoms with van der Waals surface area (Å²) in [6, 6.07) is 7.18. The number of benzene rings is 1. The lowest BCUT2D eigenvalue weighted by molar-refractivity contribution is -0.152. The highest BCUT2D eigenvalue weighted by atomic mass is 16.5. The molecule has 1 N–H and O–H groups in total. The highest BCUT2D eigenvalue weighted by Crippen LogP contribution is 2.28. The molecule has 1 aromatic carbocycles. The molecule has 2 atom stereocenters.